The van der Waals surface area contributed by atoms with Gasteiger partial charge in [-0.15, -0.1) is 10.2 Å². The lowest BCUT2D eigenvalue weighted by Gasteiger charge is -2.25. The summed E-state index contributed by atoms with van der Waals surface area (Å²) in [5, 5.41) is 8.39. The Balaban J connectivity index is 1.83. The number of aryl methyl sites for hydroxylation is 1. The molecular formula is C18H14BrF3N4. The van der Waals surface area contributed by atoms with Crippen LogP contribution in [0.5, 0.6) is 0 Å². The third-order valence-corrected chi connectivity index (χ3v) is 4.92. The Kier molecular flexibility index (Phi) is 4.02. The van der Waals surface area contributed by atoms with Gasteiger partial charge in [0.2, 0.25) is 0 Å². The van der Waals surface area contributed by atoms with Crippen molar-refractivity contribution in [3.8, 4) is 5.69 Å². The lowest BCUT2D eigenvalue weighted by Crippen LogP contribution is -2.19. The maximum Gasteiger partial charge on any atom is 0.416 e. The number of alkyl halides is 3. The molecule has 0 spiro atoms. The summed E-state index contributed by atoms with van der Waals surface area (Å²) in [6.07, 6.45) is -3.71. The molecule has 8 heteroatoms. The van der Waals surface area contributed by atoms with Crippen LogP contribution in [-0.4, -0.2) is 21.3 Å². The molecule has 1 aliphatic rings. The van der Waals surface area contributed by atoms with Crippen molar-refractivity contribution >= 4 is 27.3 Å². The molecule has 4 rings (SSSR count). The average molecular weight is 423 g/mol. The van der Waals surface area contributed by atoms with Gasteiger partial charge in [-0.25, -0.2) is 0 Å². The summed E-state index contributed by atoms with van der Waals surface area (Å²) in [5.74, 6) is 1.61. The normalized spacial score (nSPS) is 14.0. The molecule has 0 radical (unpaired) electrons. The van der Waals surface area contributed by atoms with Gasteiger partial charge in [0.05, 0.1) is 16.9 Å². The Bertz CT molecular complexity index is 964. The number of nitrogens with zero attached hydrogens (tertiary/aromatic N) is 4. The summed E-state index contributed by atoms with van der Waals surface area (Å²) in [4.78, 5) is 2.01. The molecule has 0 aliphatic carbocycles. The fourth-order valence-electron chi connectivity index (χ4n) is 3.21. The molecule has 134 valence electrons. The maximum absolute atomic E-state index is 12.9. The van der Waals surface area contributed by atoms with Gasteiger partial charge in [0, 0.05) is 23.1 Å². The zero-order valence-electron chi connectivity index (χ0n) is 13.8. The van der Waals surface area contributed by atoms with E-state index < -0.39 is 11.7 Å². The van der Waals surface area contributed by atoms with E-state index in [0.717, 1.165) is 39.6 Å². The smallest absolute Gasteiger partial charge is 0.339 e. The Morgan fingerprint density at radius 2 is 1.73 bits per heavy atom. The molecule has 0 saturated heterocycles. The van der Waals surface area contributed by atoms with Crippen molar-refractivity contribution in [3.63, 3.8) is 0 Å². The number of rotatable bonds is 1. The molecule has 0 bridgehead atoms. The van der Waals surface area contributed by atoms with E-state index in [9.17, 15) is 13.2 Å². The van der Waals surface area contributed by atoms with Crippen LogP contribution in [0.15, 0.2) is 46.9 Å². The molecular weight excluding hydrogens is 409 g/mol. The minimum absolute atomic E-state index is 0.590. The van der Waals surface area contributed by atoms with Crippen LogP contribution in [0, 0.1) is 6.92 Å². The number of benzene rings is 2. The largest absolute Gasteiger partial charge is 0.416 e. The van der Waals surface area contributed by atoms with Crippen LogP contribution in [0.1, 0.15) is 17.2 Å². The zero-order chi connectivity index (χ0) is 18.5. The van der Waals surface area contributed by atoms with E-state index in [1.807, 2.05) is 34.6 Å². The molecule has 3 aromatic rings. The van der Waals surface area contributed by atoms with E-state index in [1.54, 1.807) is 0 Å². The number of halogens is 4. The van der Waals surface area contributed by atoms with E-state index in [4.69, 9.17) is 0 Å². The number of hydrogen-bond acceptors (Lipinski definition) is 3. The fourth-order valence-corrected chi connectivity index (χ4v) is 3.56. The first-order valence-electron chi connectivity index (χ1n) is 8.00. The molecule has 0 saturated carbocycles. The van der Waals surface area contributed by atoms with Gasteiger partial charge >= 0.3 is 6.18 Å². The van der Waals surface area contributed by atoms with Gasteiger partial charge in [0.25, 0.3) is 0 Å². The van der Waals surface area contributed by atoms with E-state index in [0.29, 0.717) is 18.7 Å². The van der Waals surface area contributed by atoms with Crippen molar-refractivity contribution in [2.45, 2.75) is 19.5 Å². The van der Waals surface area contributed by atoms with Crippen LogP contribution in [0.4, 0.5) is 24.5 Å². The predicted octanol–water partition coefficient (Wildman–Crippen LogP) is 5.05. The van der Waals surface area contributed by atoms with Crippen molar-refractivity contribution in [1.29, 1.82) is 0 Å². The molecule has 0 amide bonds. The molecule has 1 aliphatic heterocycles. The van der Waals surface area contributed by atoms with Crippen LogP contribution < -0.4 is 4.90 Å². The summed E-state index contributed by atoms with van der Waals surface area (Å²) in [7, 11) is 0. The Morgan fingerprint density at radius 3 is 2.42 bits per heavy atom. The maximum atomic E-state index is 12.9. The Hall–Kier alpha value is -2.35. The first-order valence-corrected chi connectivity index (χ1v) is 8.79. The van der Waals surface area contributed by atoms with Crippen LogP contribution in [-0.2, 0) is 12.6 Å². The third-order valence-electron chi connectivity index (χ3n) is 4.43. The summed E-state index contributed by atoms with van der Waals surface area (Å²) >= 11 is 3.49. The highest BCUT2D eigenvalue weighted by Crippen LogP contribution is 2.38. The van der Waals surface area contributed by atoms with Gasteiger partial charge in [-0.05, 0) is 49.4 Å². The molecule has 1 aromatic heterocycles. The van der Waals surface area contributed by atoms with Crippen LogP contribution >= 0.6 is 15.9 Å². The molecule has 2 heterocycles. The summed E-state index contributed by atoms with van der Waals surface area (Å²) in [6.45, 7) is 2.48. The van der Waals surface area contributed by atoms with E-state index in [-0.39, 0.29) is 0 Å². The van der Waals surface area contributed by atoms with E-state index in [2.05, 4.69) is 26.1 Å². The number of hydrogen-bond donors (Lipinski definition) is 0. The first-order chi connectivity index (χ1) is 12.3. The first kappa shape index (κ1) is 17.1. The van der Waals surface area contributed by atoms with Crippen molar-refractivity contribution in [2.24, 2.45) is 0 Å². The average Bonchev–Trinajstić information content (AvgIpc) is 2.87. The highest BCUT2D eigenvalue weighted by atomic mass is 79.9. The number of fused-ring (bicyclic) bond motifs is 3. The van der Waals surface area contributed by atoms with Crippen molar-refractivity contribution in [3.05, 3.63) is 64.1 Å². The van der Waals surface area contributed by atoms with Crippen molar-refractivity contribution in [2.75, 3.05) is 11.4 Å². The number of aromatic nitrogens is 3. The minimum Gasteiger partial charge on any atom is -0.339 e. The van der Waals surface area contributed by atoms with Crippen molar-refractivity contribution < 1.29 is 13.2 Å². The molecule has 4 nitrogen and oxygen atoms in total. The third kappa shape index (κ3) is 2.88. The van der Waals surface area contributed by atoms with Crippen LogP contribution in [0.3, 0.4) is 0 Å². The SMILES string of the molecule is Cc1nnc2n1-c1ccc(Br)cc1N(c1ccc(C(F)(F)F)cc1)CC2. The number of anilines is 2. The molecule has 0 N–H and O–H groups in total. The van der Waals surface area contributed by atoms with E-state index in [1.165, 1.54) is 12.1 Å². The summed E-state index contributed by atoms with van der Waals surface area (Å²) in [6, 6.07) is 11.1. The summed E-state index contributed by atoms with van der Waals surface area (Å²) < 4.78 is 41.5. The highest BCUT2D eigenvalue weighted by Gasteiger charge is 2.30. The molecule has 0 unspecified atom stereocenters. The quantitative estimate of drug-likeness (QED) is 0.550. The second kappa shape index (κ2) is 6.12. The zero-order valence-corrected chi connectivity index (χ0v) is 15.3. The van der Waals surface area contributed by atoms with Gasteiger partial charge in [-0.1, -0.05) is 15.9 Å². The minimum atomic E-state index is -4.34. The summed E-state index contributed by atoms with van der Waals surface area (Å²) in [5.41, 5.74) is 1.84. The van der Waals surface area contributed by atoms with Gasteiger partial charge in [-0.2, -0.15) is 13.2 Å². The second-order valence-corrected chi connectivity index (χ2v) is 6.99. The second-order valence-electron chi connectivity index (χ2n) is 6.08. The standard InChI is InChI=1S/C18H14BrF3N4/c1-11-23-24-17-8-9-25(14-5-2-12(3-6-14)18(20,21)22)16-10-13(19)4-7-15(16)26(11)17/h2-7,10H,8-9H2,1H3. The molecule has 26 heavy (non-hydrogen) atoms. The Morgan fingerprint density at radius 1 is 1.00 bits per heavy atom. The molecule has 0 atom stereocenters. The van der Waals surface area contributed by atoms with Crippen LogP contribution in [0.2, 0.25) is 0 Å². The highest BCUT2D eigenvalue weighted by molar-refractivity contribution is 9.10. The topological polar surface area (TPSA) is 34.0 Å². The lowest BCUT2D eigenvalue weighted by atomic mass is 10.1. The van der Waals surface area contributed by atoms with Gasteiger partial charge in [0.1, 0.15) is 11.6 Å². The predicted molar refractivity (Wildman–Crippen MR) is 96.0 cm³/mol. The van der Waals surface area contributed by atoms with Crippen LogP contribution in [0.25, 0.3) is 5.69 Å². The molecule has 2 aromatic carbocycles. The lowest BCUT2D eigenvalue weighted by molar-refractivity contribution is -0.137. The van der Waals surface area contributed by atoms with Crippen molar-refractivity contribution in [1.82, 2.24) is 14.8 Å². The fraction of sp³-hybridized carbons (Fsp3) is 0.222. The van der Waals surface area contributed by atoms with Gasteiger partial charge in [0.15, 0.2) is 0 Å². The van der Waals surface area contributed by atoms with E-state index >= 15 is 0 Å². The molecule has 0 fully saturated rings. The monoisotopic (exact) mass is 422 g/mol. The van der Waals surface area contributed by atoms with Gasteiger partial charge < -0.3 is 4.90 Å². The Labute approximate surface area is 156 Å². The van der Waals surface area contributed by atoms with Gasteiger partial charge in [-0.3, -0.25) is 4.57 Å².